The molecule has 0 amide bonds. The van der Waals surface area contributed by atoms with Crippen molar-refractivity contribution in [3.63, 3.8) is 0 Å². The number of hydrogen-bond acceptors (Lipinski definition) is 4. The van der Waals surface area contributed by atoms with Crippen molar-refractivity contribution in [2.45, 2.75) is 52.6 Å². The largest absolute Gasteiger partial charge is 0.504 e. The Morgan fingerprint density at radius 1 is 1.46 bits per heavy atom. The van der Waals surface area contributed by atoms with E-state index < -0.39 is 17.5 Å². The highest BCUT2D eigenvalue weighted by Crippen LogP contribution is 2.56. The Kier molecular flexibility index (Phi) is 5.04. The monoisotopic (exact) mass is 334 g/mol. The lowest BCUT2D eigenvalue weighted by Crippen LogP contribution is -2.51. The second-order valence-corrected chi connectivity index (χ2v) is 7.46. The van der Waals surface area contributed by atoms with Gasteiger partial charge in [0.1, 0.15) is 0 Å². The molecule has 0 aromatic heterocycles. The van der Waals surface area contributed by atoms with Gasteiger partial charge in [0.05, 0.1) is 6.10 Å². The molecule has 0 aliphatic heterocycles. The number of aliphatic hydroxyl groups excluding tert-OH is 2. The van der Waals surface area contributed by atoms with Crippen molar-refractivity contribution in [2.75, 3.05) is 0 Å². The second kappa shape index (κ2) is 6.55. The Morgan fingerprint density at radius 2 is 2.08 bits per heavy atom. The standard InChI is InChI=1S/C19H26O5/c1-10(7-16(22)23)5-6-13-11(2)8-14(20)17-12(3)18(24)15(21)9-19(13,17)4/h7,13-14,17,20,24H,2,5-6,8-9H2,1,3-4H3,(H,22,23)/b10-7+/t13-,14-,17-,19-/m1/s1. The third kappa shape index (κ3) is 3.18. The van der Waals surface area contributed by atoms with Crippen molar-refractivity contribution in [2.24, 2.45) is 17.3 Å². The number of hydrogen-bond donors (Lipinski definition) is 3. The van der Waals surface area contributed by atoms with E-state index in [9.17, 15) is 19.8 Å². The van der Waals surface area contributed by atoms with Crippen molar-refractivity contribution in [1.29, 1.82) is 0 Å². The maximum atomic E-state index is 12.2. The van der Waals surface area contributed by atoms with E-state index in [0.717, 1.165) is 11.1 Å². The summed E-state index contributed by atoms with van der Waals surface area (Å²) in [6.07, 6.45) is 2.41. The highest BCUT2D eigenvalue weighted by atomic mass is 16.4. The Balaban J connectivity index is 2.33. The van der Waals surface area contributed by atoms with Crippen LogP contribution in [-0.2, 0) is 9.59 Å². The molecule has 2 aliphatic rings. The number of aliphatic carboxylic acids is 1. The van der Waals surface area contributed by atoms with Gasteiger partial charge in [-0.25, -0.2) is 4.79 Å². The first-order chi connectivity index (χ1) is 11.1. The minimum absolute atomic E-state index is 0.00459. The van der Waals surface area contributed by atoms with Gasteiger partial charge < -0.3 is 15.3 Å². The average Bonchev–Trinajstić information content (AvgIpc) is 2.43. The van der Waals surface area contributed by atoms with E-state index >= 15 is 0 Å². The van der Waals surface area contributed by atoms with Crippen LogP contribution in [0, 0.1) is 17.3 Å². The molecule has 5 heteroatoms. The normalized spacial score (nSPS) is 34.3. The molecule has 3 N–H and O–H groups in total. The fourth-order valence-corrected chi connectivity index (χ4v) is 4.65. The molecule has 4 atom stereocenters. The van der Waals surface area contributed by atoms with Crippen molar-refractivity contribution in [1.82, 2.24) is 0 Å². The molecule has 24 heavy (non-hydrogen) atoms. The van der Waals surface area contributed by atoms with E-state index in [4.69, 9.17) is 5.11 Å². The molecule has 2 aliphatic carbocycles. The Morgan fingerprint density at radius 3 is 2.67 bits per heavy atom. The number of aliphatic hydroxyl groups is 2. The summed E-state index contributed by atoms with van der Waals surface area (Å²) in [5.74, 6) is -1.77. The van der Waals surface area contributed by atoms with Crippen molar-refractivity contribution in [3.05, 3.63) is 35.1 Å². The predicted octanol–water partition coefficient (Wildman–Crippen LogP) is 3.16. The maximum absolute atomic E-state index is 12.2. The zero-order valence-electron chi connectivity index (χ0n) is 14.5. The lowest BCUT2D eigenvalue weighted by molar-refractivity contribution is -0.131. The molecule has 2 rings (SSSR count). The van der Waals surface area contributed by atoms with Crippen LogP contribution in [-0.4, -0.2) is 33.2 Å². The number of carbonyl (C=O) groups is 2. The van der Waals surface area contributed by atoms with E-state index in [1.165, 1.54) is 6.08 Å². The first-order valence-corrected chi connectivity index (χ1v) is 8.26. The fourth-order valence-electron chi connectivity index (χ4n) is 4.65. The Labute approximate surface area is 142 Å². The quantitative estimate of drug-likeness (QED) is 0.542. The fraction of sp³-hybridized carbons (Fsp3) is 0.579. The molecule has 0 heterocycles. The highest BCUT2D eigenvalue weighted by Gasteiger charge is 2.54. The molecule has 5 nitrogen and oxygen atoms in total. The van der Waals surface area contributed by atoms with Gasteiger partial charge in [-0.15, -0.1) is 0 Å². The van der Waals surface area contributed by atoms with Gasteiger partial charge >= 0.3 is 5.97 Å². The van der Waals surface area contributed by atoms with Gasteiger partial charge in [-0.1, -0.05) is 24.6 Å². The number of carbonyl (C=O) groups excluding carboxylic acids is 1. The van der Waals surface area contributed by atoms with E-state index in [-0.39, 0.29) is 29.8 Å². The first kappa shape index (κ1) is 18.5. The molecule has 0 spiro atoms. The minimum atomic E-state index is -0.967. The molecule has 0 radical (unpaired) electrons. The first-order valence-electron chi connectivity index (χ1n) is 8.26. The SMILES string of the molecule is C=C1C[C@@H](O)[C@H]2C(C)=C(O)C(=O)C[C@]2(C)[C@@H]1CC/C(C)=C/C(=O)O. The van der Waals surface area contributed by atoms with Crippen LogP contribution in [0.4, 0.5) is 0 Å². The lowest BCUT2D eigenvalue weighted by atomic mass is 9.52. The molecule has 0 aromatic carbocycles. The number of ketones is 1. The molecular formula is C19H26O5. The molecule has 0 saturated heterocycles. The molecule has 1 saturated carbocycles. The van der Waals surface area contributed by atoms with Crippen LogP contribution in [0.2, 0.25) is 0 Å². The van der Waals surface area contributed by atoms with Gasteiger partial charge in [0.2, 0.25) is 0 Å². The topological polar surface area (TPSA) is 94.8 Å². The summed E-state index contributed by atoms with van der Waals surface area (Å²) in [5.41, 5.74) is 1.70. The van der Waals surface area contributed by atoms with Crippen LogP contribution in [0.5, 0.6) is 0 Å². The summed E-state index contributed by atoms with van der Waals surface area (Å²) >= 11 is 0. The van der Waals surface area contributed by atoms with Crippen LogP contribution in [0.3, 0.4) is 0 Å². The molecule has 132 valence electrons. The minimum Gasteiger partial charge on any atom is -0.504 e. The Bertz CT molecular complexity index is 642. The zero-order valence-corrected chi connectivity index (χ0v) is 14.5. The molecular weight excluding hydrogens is 308 g/mol. The number of carboxylic acids is 1. The Hall–Kier alpha value is -1.88. The number of carboxylic acid groups (broad SMARTS) is 1. The van der Waals surface area contributed by atoms with Crippen molar-refractivity contribution < 1.29 is 24.9 Å². The van der Waals surface area contributed by atoms with E-state index in [1.807, 2.05) is 6.92 Å². The average molecular weight is 334 g/mol. The predicted molar refractivity (Wildman–Crippen MR) is 90.4 cm³/mol. The van der Waals surface area contributed by atoms with Gasteiger partial charge in [-0.05, 0) is 50.0 Å². The van der Waals surface area contributed by atoms with Crippen LogP contribution >= 0.6 is 0 Å². The third-order valence-electron chi connectivity index (χ3n) is 5.70. The summed E-state index contributed by atoms with van der Waals surface area (Å²) in [6.45, 7) is 9.56. The van der Waals surface area contributed by atoms with E-state index in [2.05, 4.69) is 6.58 Å². The number of Topliss-reactive ketones (excluding diaryl/α,β-unsaturated/α-hetero) is 1. The van der Waals surface area contributed by atoms with Gasteiger partial charge in [0.25, 0.3) is 0 Å². The van der Waals surface area contributed by atoms with Gasteiger partial charge in [-0.3, -0.25) is 4.79 Å². The molecule has 1 fully saturated rings. The van der Waals surface area contributed by atoms with Crippen LogP contribution in [0.25, 0.3) is 0 Å². The second-order valence-electron chi connectivity index (χ2n) is 7.46. The maximum Gasteiger partial charge on any atom is 0.328 e. The van der Waals surface area contributed by atoms with E-state index in [0.29, 0.717) is 24.8 Å². The molecule has 0 bridgehead atoms. The van der Waals surface area contributed by atoms with Crippen LogP contribution < -0.4 is 0 Å². The van der Waals surface area contributed by atoms with Gasteiger partial charge in [0.15, 0.2) is 11.5 Å². The smallest absolute Gasteiger partial charge is 0.328 e. The number of rotatable bonds is 4. The summed E-state index contributed by atoms with van der Waals surface area (Å²) < 4.78 is 0. The number of allylic oxidation sites excluding steroid dienone is 2. The van der Waals surface area contributed by atoms with Crippen LogP contribution in [0.15, 0.2) is 35.1 Å². The van der Waals surface area contributed by atoms with Crippen LogP contribution in [0.1, 0.15) is 46.5 Å². The summed E-state index contributed by atoms with van der Waals surface area (Å²) in [4.78, 5) is 23.0. The summed E-state index contributed by atoms with van der Waals surface area (Å²) in [5, 5.41) is 29.4. The summed E-state index contributed by atoms with van der Waals surface area (Å²) in [6, 6.07) is 0. The van der Waals surface area contributed by atoms with E-state index in [1.54, 1.807) is 13.8 Å². The molecule has 0 aromatic rings. The van der Waals surface area contributed by atoms with Crippen molar-refractivity contribution in [3.8, 4) is 0 Å². The summed E-state index contributed by atoms with van der Waals surface area (Å²) in [7, 11) is 0. The van der Waals surface area contributed by atoms with Crippen molar-refractivity contribution >= 4 is 11.8 Å². The van der Waals surface area contributed by atoms with Gasteiger partial charge in [-0.2, -0.15) is 0 Å². The number of fused-ring (bicyclic) bond motifs is 1. The molecule has 0 unspecified atom stereocenters. The lowest BCUT2D eigenvalue weighted by Gasteiger charge is -2.53. The van der Waals surface area contributed by atoms with Gasteiger partial charge in [0, 0.05) is 18.4 Å². The zero-order chi connectivity index (χ0) is 18.2. The highest BCUT2D eigenvalue weighted by molar-refractivity contribution is 5.95. The third-order valence-corrected chi connectivity index (χ3v) is 5.70.